The van der Waals surface area contributed by atoms with Crippen LogP contribution in [0.25, 0.3) is 0 Å². The first-order valence-corrected chi connectivity index (χ1v) is 8.04. The van der Waals surface area contributed by atoms with Crippen molar-refractivity contribution in [3.63, 3.8) is 0 Å². The molecule has 0 N–H and O–H groups in total. The van der Waals surface area contributed by atoms with E-state index in [9.17, 15) is 22.4 Å². The molecular weight excluding hydrogens is 285 g/mol. The van der Waals surface area contributed by atoms with Gasteiger partial charge in [0.15, 0.2) is 0 Å². The summed E-state index contributed by atoms with van der Waals surface area (Å²) >= 11 is 0. The second-order valence-corrected chi connectivity index (χ2v) is 6.98. The van der Waals surface area contributed by atoms with Gasteiger partial charge in [-0.25, -0.2) is 12.8 Å². The highest BCUT2D eigenvalue weighted by Crippen LogP contribution is 2.31. The fourth-order valence-corrected chi connectivity index (χ4v) is 2.97. The highest BCUT2D eigenvalue weighted by atomic mass is 32.2. The molecule has 7 heteroatoms. The summed E-state index contributed by atoms with van der Waals surface area (Å²) in [5.41, 5.74) is -0.00950. The smallest absolute Gasteiger partial charge is 0.299 e. The van der Waals surface area contributed by atoms with Crippen LogP contribution in [0.15, 0.2) is 18.2 Å². The number of rotatable bonds is 5. The molecule has 0 aromatic heterocycles. The second-order valence-electron chi connectivity index (χ2n) is 4.51. The van der Waals surface area contributed by atoms with Gasteiger partial charge in [-0.2, -0.15) is 0 Å². The Labute approximate surface area is 116 Å². The second kappa shape index (κ2) is 5.32. The molecule has 108 valence electrons. The fourth-order valence-electron chi connectivity index (χ4n) is 2.11. The minimum atomic E-state index is -3.15. The van der Waals surface area contributed by atoms with E-state index in [2.05, 4.69) is 0 Å². The Morgan fingerprint density at radius 2 is 1.95 bits per heavy atom. The number of fused-ring (bicyclic) bond motifs is 1. The largest absolute Gasteiger partial charge is 0.302 e. The lowest BCUT2D eigenvalue weighted by atomic mass is 10.1. The first-order valence-electron chi connectivity index (χ1n) is 6.22. The van der Waals surface area contributed by atoms with Crippen LogP contribution >= 0.6 is 0 Å². The third-order valence-corrected chi connectivity index (χ3v) is 5.01. The molecule has 1 amide bonds. The standard InChI is InChI=1S/C13H14FNO4S/c1-2-20(18,19)8-4-7-15-11-9(12(16)13(15)17)5-3-6-10(11)14/h3,5-6H,2,4,7-8H2,1H3. The van der Waals surface area contributed by atoms with Crippen molar-refractivity contribution in [2.75, 3.05) is 23.0 Å². The molecular formula is C13H14FNO4S. The Morgan fingerprint density at radius 1 is 1.25 bits per heavy atom. The van der Waals surface area contributed by atoms with Crippen molar-refractivity contribution in [2.45, 2.75) is 13.3 Å². The van der Waals surface area contributed by atoms with Crippen molar-refractivity contribution < 1.29 is 22.4 Å². The highest BCUT2D eigenvalue weighted by molar-refractivity contribution is 7.91. The van der Waals surface area contributed by atoms with Gasteiger partial charge in [0.2, 0.25) is 0 Å². The van der Waals surface area contributed by atoms with Crippen molar-refractivity contribution in [1.29, 1.82) is 0 Å². The molecule has 0 radical (unpaired) electrons. The number of carbonyl (C=O) groups excluding carboxylic acids is 2. The highest BCUT2D eigenvalue weighted by Gasteiger charge is 2.37. The summed E-state index contributed by atoms with van der Waals surface area (Å²) < 4.78 is 36.5. The van der Waals surface area contributed by atoms with Crippen LogP contribution in [0.3, 0.4) is 0 Å². The lowest BCUT2D eigenvalue weighted by molar-refractivity contribution is -0.114. The minimum absolute atomic E-state index is 0.0116. The number of hydrogen-bond acceptors (Lipinski definition) is 4. The quantitative estimate of drug-likeness (QED) is 0.765. The molecule has 20 heavy (non-hydrogen) atoms. The van der Waals surface area contributed by atoms with E-state index in [-0.39, 0.29) is 35.7 Å². The zero-order valence-electron chi connectivity index (χ0n) is 10.9. The summed E-state index contributed by atoms with van der Waals surface area (Å²) in [4.78, 5) is 24.5. The van der Waals surface area contributed by atoms with E-state index in [1.165, 1.54) is 25.1 Å². The maximum absolute atomic E-state index is 13.8. The molecule has 0 atom stereocenters. The van der Waals surface area contributed by atoms with Crippen molar-refractivity contribution in [3.05, 3.63) is 29.6 Å². The zero-order valence-corrected chi connectivity index (χ0v) is 11.7. The summed E-state index contributed by atoms with van der Waals surface area (Å²) in [6.45, 7) is 1.55. The van der Waals surface area contributed by atoms with E-state index in [0.29, 0.717) is 0 Å². The van der Waals surface area contributed by atoms with Gasteiger partial charge < -0.3 is 4.90 Å². The molecule has 1 aromatic rings. The summed E-state index contributed by atoms with van der Waals surface area (Å²) in [5, 5.41) is 0. The Bertz CT molecular complexity index is 669. The molecule has 1 heterocycles. The van der Waals surface area contributed by atoms with Crippen LogP contribution in [0.4, 0.5) is 10.1 Å². The maximum Gasteiger partial charge on any atom is 0.299 e. The van der Waals surface area contributed by atoms with Gasteiger partial charge in [0.1, 0.15) is 15.7 Å². The number of carbonyl (C=O) groups is 2. The van der Waals surface area contributed by atoms with Crippen LogP contribution in [0.1, 0.15) is 23.7 Å². The Kier molecular flexibility index (Phi) is 3.89. The molecule has 1 aliphatic rings. The molecule has 0 bridgehead atoms. The zero-order chi connectivity index (χ0) is 14.9. The lowest BCUT2D eigenvalue weighted by Crippen LogP contribution is -2.32. The molecule has 5 nitrogen and oxygen atoms in total. The molecule has 0 fully saturated rings. The molecule has 0 saturated heterocycles. The Balaban J connectivity index is 2.18. The maximum atomic E-state index is 13.8. The Morgan fingerprint density at radius 3 is 2.60 bits per heavy atom. The van der Waals surface area contributed by atoms with Gasteiger partial charge in [-0.3, -0.25) is 9.59 Å². The van der Waals surface area contributed by atoms with Crippen LogP contribution < -0.4 is 4.90 Å². The average Bonchev–Trinajstić information content (AvgIpc) is 2.65. The van der Waals surface area contributed by atoms with Crippen LogP contribution in [0.2, 0.25) is 0 Å². The van der Waals surface area contributed by atoms with Crippen molar-refractivity contribution in [3.8, 4) is 0 Å². The molecule has 0 aliphatic carbocycles. The number of benzene rings is 1. The van der Waals surface area contributed by atoms with E-state index in [4.69, 9.17) is 0 Å². The number of ketones is 1. The first-order chi connectivity index (χ1) is 9.37. The van der Waals surface area contributed by atoms with Crippen LogP contribution in [-0.4, -0.2) is 38.2 Å². The number of anilines is 1. The Hall–Kier alpha value is -1.76. The first kappa shape index (κ1) is 14.6. The van der Waals surface area contributed by atoms with E-state index >= 15 is 0 Å². The predicted molar refractivity (Wildman–Crippen MR) is 72.0 cm³/mol. The fraction of sp³-hybridized carbons (Fsp3) is 0.385. The molecule has 2 rings (SSSR count). The van der Waals surface area contributed by atoms with Crippen molar-refractivity contribution in [1.82, 2.24) is 0 Å². The molecule has 0 unspecified atom stereocenters. The topological polar surface area (TPSA) is 71.5 Å². The van der Waals surface area contributed by atoms with Crippen LogP contribution in [0.5, 0.6) is 0 Å². The summed E-state index contributed by atoms with van der Waals surface area (Å²) in [6, 6.07) is 3.92. The van der Waals surface area contributed by atoms with Crippen LogP contribution in [0, 0.1) is 5.82 Å². The molecule has 1 aromatic carbocycles. The SMILES string of the molecule is CCS(=O)(=O)CCCN1C(=O)C(=O)c2cccc(F)c21. The average molecular weight is 299 g/mol. The number of para-hydroxylation sites is 1. The van der Waals surface area contributed by atoms with Gasteiger partial charge in [0.25, 0.3) is 11.7 Å². The number of hydrogen-bond donors (Lipinski definition) is 0. The van der Waals surface area contributed by atoms with E-state index in [0.717, 1.165) is 4.90 Å². The van der Waals surface area contributed by atoms with Crippen molar-refractivity contribution >= 4 is 27.2 Å². The summed E-state index contributed by atoms with van der Waals surface area (Å²) in [5.74, 6) is -2.28. The van der Waals surface area contributed by atoms with E-state index in [1.54, 1.807) is 0 Å². The van der Waals surface area contributed by atoms with Gasteiger partial charge in [0.05, 0.1) is 17.0 Å². The lowest BCUT2D eigenvalue weighted by Gasteiger charge is -2.16. The van der Waals surface area contributed by atoms with Gasteiger partial charge in [-0.15, -0.1) is 0 Å². The molecule has 1 aliphatic heterocycles. The van der Waals surface area contributed by atoms with Crippen molar-refractivity contribution in [2.24, 2.45) is 0 Å². The molecule has 0 saturated carbocycles. The summed E-state index contributed by atoms with van der Waals surface area (Å²) in [6.07, 6.45) is 0.170. The van der Waals surface area contributed by atoms with E-state index < -0.39 is 27.3 Å². The monoisotopic (exact) mass is 299 g/mol. The number of sulfone groups is 1. The number of nitrogens with zero attached hydrogens (tertiary/aromatic N) is 1. The number of Topliss-reactive ketones (excluding diaryl/α,β-unsaturated/α-hetero) is 1. The van der Waals surface area contributed by atoms with Gasteiger partial charge in [-0.05, 0) is 18.6 Å². The van der Waals surface area contributed by atoms with Gasteiger partial charge in [-0.1, -0.05) is 13.0 Å². The number of amides is 1. The third-order valence-electron chi connectivity index (χ3n) is 3.22. The third kappa shape index (κ3) is 2.58. The summed E-state index contributed by atoms with van der Waals surface area (Å²) in [7, 11) is -3.15. The van der Waals surface area contributed by atoms with Gasteiger partial charge in [0, 0.05) is 12.3 Å². The molecule has 0 spiro atoms. The minimum Gasteiger partial charge on any atom is -0.302 e. The number of halogens is 1. The van der Waals surface area contributed by atoms with E-state index in [1.807, 2.05) is 0 Å². The van der Waals surface area contributed by atoms with Crippen LogP contribution in [-0.2, 0) is 14.6 Å². The predicted octanol–water partition coefficient (Wildman–Crippen LogP) is 1.18. The normalized spacial score (nSPS) is 14.8. The van der Waals surface area contributed by atoms with Gasteiger partial charge >= 0.3 is 0 Å².